The summed E-state index contributed by atoms with van der Waals surface area (Å²) in [4.78, 5) is 4.55. The van der Waals surface area contributed by atoms with Crippen molar-refractivity contribution in [1.29, 1.82) is 0 Å². The van der Waals surface area contributed by atoms with Crippen molar-refractivity contribution in [3.63, 3.8) is 0 Å². The summed E-state index contributed by atoms with van der Waals surface area (Å²) in [5.74, 6) is 0.692. The number of hydrogen-bond donors (Lipinski definition) is 1. The van der Waals surface area contributed by atoms with Gasteiger partial charge in [-0.1, -0.05) is 13.8 Å². The molecule has 1 fully saturated rings. The fraction of sp³-hybridized carbons (Fsp3) is 0.688. The van der Waals surface area contributed by atoms with Gasteiger partial charge in [0.15, 0.2) is 0 Å². The molecule has 0 spiro atoms. The third kappa shape index (κ3) is 4.83. The third-order valence-corrected chi connectivity index (χ3v) is 4.42. The molecule has 112 valence electrons. The van der Waals surface area contributed by atoms with Gasteiger partial charge >= 0.3 is 0 Å². The smallest absolute Gasteiger partial charge is 0.0471 e. The predicted octanol–water partition coefficient (Wildman–Crippen LogP) is 3.43. The summed E-state index contributed by atoms with van der Waals surface area (Å²) in [6.07, 6.45) is 5.17. The monoisotopic (exact) mass is 340 g/mol. The Balaban J connectivity index is 2.00. The third-order valence-electron chi connectivity index (χ3n) is 3.95. The van der Waals surface area contributed by atoms with Gasteiger partial charge in [-0.2, -0.15) is 0 Å². The number of ether oxygens (including phenoxy) is 1. The maximum Gasteiger partial charge on any atom is 0.0471 e. The van der Waals surface area contributed by atoms with E-state index in [0.29, 0.717) is 11.3 Å². The molecular formula is C16H25BrN2O. The van der Waals surface area contributed by atoms with E-state index in [0.717, 1.165) is 50.0 Å². The van der Waals surface area contributed by atoms with Crippen LogP contribution in [0.15, 0.2) is 22.8 Å². The lowest BCUT2D eigenvalue weighted by atomic mass is 9.76. The van der Waals surface area contributed by atoms with Crippen LogP contribution in [-0.2, 0) is 11.2 Å². The molecule has 0 aliphatic carbocycles. The van der Waals surface area contributed by atoms with Crippen molar-refractivity contribution in [1.82, 2.24) is 10.3 Å². The van der Waals surface area contributed by atoms with Crippen LogP contribution in [0.1, 0.15) is 32.4 Å². The largest absolute Gasteiger partial charge is 0.381 e. The van der Waals surface area contributed by atoms with Crippen LogP contribution in [0.25, 0.3) is 0 Å². The molecule has 2 heterocycles. The number of rotatable bonds is 6. The molecule has 20 heavy (non-hydrogen) atoms. The molecule has 0 saturated carbocycles. The van der Waals surface area contributed by atoms with Gasteiger partial charge in [0.05, 0.1) is 0 Å². The van der Waals surface area contributed by atoms with Crippen molar-refractivity contribution in [2.45, 2.75) is 33.1 Å². The topological polar surface area (TPSA) is 34.2 Å². The first kappa shape index (κ1) is 15.9. The predicted molar refractivity (Wildman–Crippen MR) is 85.8 cm³/mol. The minimum absolute atomic E-state index is 0.300. The lowest BCUT2D eigenvalue weighted by molar-refractivity contribution is 0.0142. The van der Waals surface area contributed by atoms with Gasteiger partial charge in [0, 0.05) is 36.1 Å². The van der Waals surface area contributed by atoms with Crippen LogP contribution in [-0.4, -0.2) is 31.3 Å². The summed E-state index contributed by atoms with van der Waals surface area (Å²) in [6, 6.07) is 4.21. The molecule has 4 heteroatoms. The van der Waals surface area contributed by atoms with E-state index in [9.17, 15) is 0 Å². The summed E-state index contributed by atoms with van der Waals surface area (Å²) < 4.78 is 6.60. The number of halogens is 1. The second kappa shape index (κ2) is 7.53. The first-order valence-corrected chi connectivity index (χ1v) is 8.28. The number of pyridine rings is 1. The SMILES string of the molecule is CC(C)CNCC1(Cc2ccc(Br)cn2)CCOCC1. The van der Waals surface area contributed by atoms with Gasteiger partial charge in [-0.3, -0.25) is 4.98 Å². The molecule has 0 amide bonds. The Kier molecular flexibility index (Phi) is 6.00. The van der Waals surface area contributed by atoms with Gasteiger partial charge in [0.25, 0.3) is 0 Å². The first-order chi connectivity index (χ1) is 9.60. The summed E-state index contributed by atoms with van der Waals surface area (Å²) in [5.41, 5.74) is 1.48. The van der Waals surface area contributed by atoms with Gasteiger partial charge in [-0.25, -0.2) is 0 Å². The second-order valence-corrected chi connectivity index (χ2v) is 7.20. The maximum absolute atomic E-state index is 5.55. The molecule has 3 nitrogen and oxygen atoms in total. The van der Waals surface area contributed by atoms with Crippen molar-refractivity contribution in [3.8, 4) is 0 Å². The maximum atomic E-state index is 5.55. The number of nitrogens with one attached hydrogen (secondary N) is 1. The van der Waals surface area contributed by atoms with Crippen molar-refractivity contribution in [2.75, 3.05) is 26.3 Å². The van der Waals surface area contributed by atoms with Gasteiger partial charge in [0.2, 0.25) is 0 Å². The molecule has 1 aliphatic rings. The Morgan fingerprint density at radius 3 is 2.70 bits per heavy atom. The zero-order valence-electron chi connectivity index (χ0n) is 12.5. The number of aromatic nitrogens is 1. The molecule has 2 rings (SSSR count). The average molecular weight is 341 g/mol. The molecule has 1 aromatic rings. The lowest BCUT2D eigenvalue weighted by Crippen LogP contribution is -2.42. The van der Waals surface area contributed by atoms with Crippen LogP contribution in [0.4, 0.5) is 0 Å². The van der Waals surface area contributed by atoms with Gasteiger partial charge in [-0.05, 0) is 65.2 Å². The van der Waals surface area contributed by atoms with Crippen LogP contribution >= 0.6 is 15.9 Å². The zero-order valence-corrected chi connectivity index (χ0v) is 14.1. The fourth-order valence-electron chi connectivity index (χ4n) is 2.74. The molecule has 0 radical (unpaired) electrons. The second-order valence-electron chi connectivity index (χ2n) is 6.28. The molecule has 0 bridgehead atoms. The molecule has 1 saturated heterocycles. The van der Waals surface area contributed by atoms with Gasteiger partial charge in [0.1, 0.15) is 0 Å². The van der Waals surface area contributed by atoms with E-state index in [1.807, 2.05) is 6.20 Å². The normalized spacial score (nSPS) is 18.4. The Morgan fingerprint density at radius 2 is 2.10 bits per heavy atom. The van der Waals surface area contributed by atoms with Crippen LogP contribution in [0.3, 0.4) is 0 Å². The van der Waals surface area contributed by atoms with E-state index in [2.05, 4.69) is 52.2 Å². The summed E-state index contributed by atoms with van der Waals surface area (Å²) in [7, 11) is 0. The zero-order chi connectivity index (χ0) is 14.4. The Labute approximate surface area is 130 Å². The van der Waals surface area contributed by atoms with Crippen molar-refractivity contribution >= 4 is 15.9 Å². The van der Waals surface area contributed by atoms with E-state index in [1.165, 1.54) is 5.69 Å². The highest BCUT2D eigenvalue weighted by Gasteiger charge is 2.32. The minimum Gasteiger partial charge on any atom is -0.381 e. The highest BCUT2D eigenvalue weighted by molar-refractivity contribution is 9.10. The van der Waals surface area contributed by atoms with E-state index in [1.54, 1.807) is 0 Å². The number of nitrogens with zero attached hydrogens (tertiary/aromatic N) is 1. The van der Waals surface area contributed by atoms with Crippen LogP contribution in [0, 0.1) is 11.3 Å². The minimum atomic E-state index is 0.300. The van der Waals surface area contributed by atoms with Crippen LogP contribution in [0.5, 0.6) is 0 Å². The van der Waals surface area contributed by atoms with Crippen molar-refractivity contribution in [2.24, 2.45) is 11.3 Å². The van der Waals surface area contributed by atoms with E-state index in [-0.39, 0.29) is 0 Å². The average Bonchev–Trinajstić information content (AvgIpc) is 2.42. The lowest BCUT2D eigenvalue weighted by Gasteiger charge is -2.37. The molecule has 1 aromatic heterocycles. The van der Waals surface area contributed by atoms with E-state index >= 15 is 0 Å². The fourth-order valence-corrected chi connectivity index (χ4v) is 2.98. The van der Waals surface area contributed by atoms with E-state index < -0.39 is 0 Å². The quantitative estimate of drug-likeness (QED) is 0.861. The van der Waals surface area contributed by atoms with Crippen molar-refractivity contribution in [3.05, 3.63) is 28.5 Å². The molecule has 0 unspecified atom stereocenters. The van der Waals surface area contributed by atoms with Crippen LogP contribution in [0.2, 0.25) is 0 Å². The first-order valence-electron chi connectivity index (χ1n) is 7.49. The van der Waals surface area contributed by atoms with Gasteiger partial charge < -0.3 is 10.1 Å². The molecular weight excluding hydrogens is 316 g/mol. The molecule has 0 aromatic carbocycles. The summed E-state index contributed by atoms with van der Waals surface area (Å²) >= 11 is 3.45. The summed E-state index contributed by atoms with van der Waals surface area (Å²) in [5, 5.41) is 3.63. The summed E-state index contributed by atoms with van der Waals surface area (Å²) in [6.45, 7) is 8.39. The van der Waals surface area contributed by atoms with Crippen molar-refractivity contribution < 1.29 is 4.74 Å². The van der Waals surface area contributed by atoms with Gasteiger partial charge in [-0.15, -0.1) is 0 Å². The van der Waals surface area contributed by atoms with E-state index in [4.69, 9.17) is 4.74 Å². The molecule has 1 N–H and O–H groups in total. The Bertz CT molecular complexity index is 399. The molecule has 0 atom stereocenters. The van der Waals surface area contributed by atoms with Crippen LogP contribution < -0.4 is 5.32 Å². The Hall–Kier alpha value is -0.450. The number of hydrogen-bond acceptors (Lipinski definition) is 3. The molecule has 1 aliphatic heterocycles. The Morgan fingerprint density at radius 1 is 1.35 bits per heavy atom. The highest BCUT2D eigenvalue weighted by Crippen LogP contribution is 2.33. The standard InChI is InChI=1S/C16H25BrN2O/c1-13(2)10-18-12-16(5-7-20-8-6-16)9-15-4-3-14(17)11-19-15/h3-4,11,13,18H,5-10,12H2,1-2H3. The highest BCUT2D eigenvalue weighted by atomic mass is 79.9.